The molecule has 1 aromatic heterocycles. The van der Waals surface area contributed by atoms with Crippen LogP contribution in [0.4, 0.5) is 0 Å². The molecule has 2 saturated heterocycles. The van der Waals surface area contributed by atoms with Crippen molar-refractivity contribution in [2.24, 2.45) is 0 Å². The summed E-state index contributed by atoms with van der Waals surface area (Å²) in [6.07, 6.45) is -12.4. The zero-order chi connectivity index (χ0) is 27.0. The molecule has 2 aliphatic rings. The summed E-state index contributed by atoms with van der Waals surface area (Å²) in [5.74, 6) is 0. The first kappa shape index (κ1) is 29.2. The van der Waals surface area contributed by atoms with E-state index in [4.69, 9.17) is 14.0 Å². The number of aryl methyl sites for hydroxylation is 1. The number of nitrogens with zero attached hydrogens (tertiary/aromatic N) is 1. The maximum Gasteiger partial charge on any atom is 0.474 e. The molecule has 0 radical (unpaired) electrons. The van der Waals surface area contributed by atoms with Crippen molar-refractivity contribution in [3.63, 3.8) is 0 Å². The molecule has 9 atom stereocenters. The summed E-state index contributed by atoms with van der Waals surface area (Å²) in [4.78, 5) is 54.2. The first-order valence-corrected chi connectivity index (χ1v) is 13.3. The molecule has 0 saturated carbocycles. The summed E-state index contributed by atoms with van der Waals surface area (Å²) in [5, 5.41) is 38.7. The number of rotatable bonds is 9. The molecule has 36 heavy (non-hydrogen) atoms. The van der Waals surface area contributed by atoms with E-state index in [9.17, 15) is 53.8 Å². The van der Waals surface area contributed by atoms with Crippen molar-refractivity contribution < 1.29 is 67.3 Å². The van der Waals surface area contributed by atoms with Gasteiger partial charge < -0.3 is 44.6 Å². The van der Waals surface area contributed by atoms with E-state index >= 15 is 0 Å². The molecule has 3 rings (SSSR count). The van der Waals surface area contributed by atoms with Crippen LogP contribution >= 0.6 is 15.6 Å². The lowest BCUT2D eigenvalue weighted by Gasteiger charge is -2.39. The van der Waals surface area contributed by atoms with E-state index < -0.39 is 89.2 Å². The van der Waals surface area contributed by atoms with Gasteiger partial charge >= 0.3 is 21.3 Å². The molecule has 0 bridgehead atoms. The molecule has 18 nitrogen and oxygen atoms in total. The number of phosphoric acid groups is 2. The molecule has 1 unspecified atom stereocenters. The van der Waals surface area contributed by atoms with Crippen molar-refractivity contribution >= 4 is 15.6 Å². The molecule has 0 amide bonds. The number of aliphatic hydroxyl groups is 4. The van der Waals surface area contributed by atoms with Gasteiger partial charge in [0.25, 0.3) is 5.56 Å². The fraction of sp³-hybridized carbons (Fsp3) is 0.750. The Hall–Kier alpha value is -1.34. The molecule has 206 valence electrons. The summed E-state index contributed by atoms with van der Waals surface area (Å²) in [5.41, 5.74) is -1.44. The second-order valence-corrected chi connectivity index (χ2v) is 10.6. The number of hydrogen-bond donors (Lipinski definition) is 8. The molecule has 0 spiro atoms. The predicted molar refractivity (Wildman–Crippen MR) is 112 cm³/mol. The van der Waals surface area contributed by atoms with Gasteiger partial charge in [-0.2, -0.15) is 0 Å². The second-order valence-electron chi connectivity index (χ2n) is 8.04. The van der Waals surface area contributed by atoms with Gasteiger partial charge in [0.1, 0.15) is 42.9 Å². The van der Waals surface area contributed by atoms with Gasteiger partial charge in [-0.1, -0.05) is 0 Å². The smallest absolute Gasteiger partial charge is 0.394 e. The second kappa shape index (κ2) is 11.2. The lowest BCUT2D eigenvalue weighted by atomic mass is 10.00. The summed E-state index contributed by atoms with van der Waals surface area (Å²) < 4.78 is 49.3. The molecule has 2 aliphatic heterocycles. The van der Waals surface area contributed by atoms with Gasteiger partial charge in [0.05, 0.1) is 13.2 Å². The van der Waals surface area contributed by atoms with Crippen LogP contribution in [0.5, 0.6) is 0 Å². The van der Waals surface area contributed by atoms with Crippen LogP contribution in [0.25, 0.3) is 0 Å². The number of H-pyrrole nitrogens is 1. The average molecular weight is 564 g/mol. The number of phosphoric ester groups is 2. The average Bonchev–Trinajstić information content (AvgIpc) is 3.15. The minimum atomic E-state index is -5.13. The summed E-state index contributed by atoms with van der Waals surface area (Å²) in [7, 11) is -10.2. The topological polar surface area (TPSA) is 277 Å². The number of aromatic nitrogens is 2. The lowest BCUT2D eigenvalue weighted by molar-refractivity contribution is -0.281. The maximum absolute atomic E-state index is 12.4. The number of hydrogen-bond acceptors (Lipinski definition) is 13. The maximum atomic E-state index is 12.4. The number of ether oxygens (including phenoxy) is 2. The highest BCUT2D eigenvalue weighted by atomic mass is 31.2. The van der Waals surface area contributed by atoms with Crippen molar-refractivity contribution in [1.29, 1.82) is 0 Å². The standard InChI is InChI=1S/C16H26N2O16P2/c1-6-3-18(16(24)17-14(6)23)10-2-7(33-35(25,26)27)9(31-10)5-30-36(28,29)34-15-13(22)12(21)11(20)8(4-19)32-15/h3,7-13,15,19-22H,2,4-5H2,1H3,(H,28,29)(H,17,23,24)(H2,25,26,27)/t7-,8+,9+,10+,11+,12-,13+,15+/m0/s1. The normalized spacial score (nSPS) is 35.0. The van der Waals surface area contributed by atoms with Gasteiger partial charge in [-0.15, -0.1) is 0 Å². The number of aliphatic hydroxyl groups excluding tert-OH is 4. The van der Waals surface area contributed by atoms with Crippen molar-refractivity contribution in [3.8, 4) is 0 Å². The Balaban J connectivity index is 1.72. The monoisotopic (exact) mass is 564 g/mol. The fourth-order valence-corrected chi connectivity index (χ4v) is 5.00. The molecule has 3 heterocycles. The van der Waals surface area contributed by atoms with Crippen molar-refractivity contribution in [2.75, 3.05) is 13.2 Å². The van der Waals surface area contributed by atoms with Gasteiger partial charge in [0, 0.05) is 18.2 Å². The van der Waals surface area contributed by atoms with Crippen molar-refractivity contribution in [3.05, 3.63) is 32.6 Å². The lowest BCUT2D eigenvalue weighted by Crippen LogP contribution is -2.58. The van der Waals surface area contributed by atoms with Crippen LogP contribution in [0.1, 0.15) is 18.2 Å². The third-order valence-electron chi connectivity index (χ3n) is 5.40. The highest BCUT2D eigenvalue weighted by Crippen LogP contribution is 2.48. The third-order valence-corrected chi connectivity index (χ3v) is 6.89. The third kappa shape index (κ3) is 6.94. The van der Waals surface area contributed by atoms with E-state index in [1.807, 2.05) is 4.98 Å². The first-order chi connectivity index (χ1) is 16.6. The van der Waals surface area contributed by atoms with Crippen molar-refractivity contribution in [1.82, 2.24) is 9.55 Å². The molecule has 8 N–H and O–H groups in total. The largest absolute Gasteiger partial charge is 0.474 e. The zero-order valence-electron chi connectivity index (χ0n) is 18.5. The highest BCUT2D eigenvalue weighted by molar-refractivity contribution is 7.47. The van der Waals surface area contributed by atoms with Gasteiger partial charge in [-0.25, -0.2) is 13.9 Å². The minimum absolute atomic E-state index is 0.123. The van der Waals surface area contributed by atoms with E-state index in [0.717, 1.165) is 10.8 Å². The van der Waals surface area contributed by atoms with Gasteiger partial charge in [0.15, 0.2) is 6.29 Å². The molecule has 0 aromatic carbocycles. The zero-order valence-corrected chi connectivity index (χ0v) is 20.3. The summed E-state index contributed by atoms with van der Waals surface area (Å²) in [6.45, 7) is -0.320. The van der Waals surface area contributed by atoms with Crippen LogP contribution < -0.4 is 11.2 Å². The van der Waals surface area contributed by atoms with E-state index in [0.29, 0.717) is 0 Å². The molecular weight excluding hydrogens is 538 g/mol. The van der Waals surface area contributed by atoms with Gasteiger partial charge in [-0.05, 0) is 6.92 Å². The molecule has 20 heteroatoms. The minimum Gasteiger partial charge on any atom is -0.394 e. The van der Waals surface area contributed by atoms with E-state index in [1.165, 1.54) is 6.92 Å². The molecule has 0 aliphatic carbocycles. The Morgan fingerprint density at radius 1 is 1.06 bits per heavy atom. The van der Waals surface area contributed by atoms with Crippen LogP contribution in [0.3, 0.4) is 0 Å². The summed E-state index contributed by atoms with van der Waals surface area (Å²) >= 11 is 0. The van der Waals surface area contributed by atoms with Gasteiger partial charge in [0.2, 0.25) is 0 Å². The van der Waals surface area contributed by atoms with Crippen LogP contribution in [0, 0.1) is 6.92 Å². The Kier molecular flexibility index (Phi) is 9.08. The highest BCUT2D eigenvalue weighted by Gasteiger charge is 2.48. The van der Waals surface area contributed by atoms with E-state index in [-0.39, 0.29) is 12.0 Å². The van der Waals surface area contributed by atoms with Gasteiger partial charge in [-0.3, -0.25) is 27.9 Å². The van der Waals surface area contributed by atoms with E-state index in [2.05, 4.69) is 9.05 Å². The van der Waals surface area contributed by atoms with Crippen molar-refractivity contribution in [2.45, 2.75) is 62.5 Å². The molecule has 2 fully saturated rings. The van der Waals surface area contributed by atoms with E-state index in [1.54, 1.807) is 0 Å². The fourth-order valence-electron chi connectivity index (χ4n) is 3.59. The molecular formula is C16H26N2O16P2. The number of aromatic amines is 1. The Morgan fingerprint density at radius 2 is 1.72 bits per heavy atom. The van der Waals surface area contributed by atoms with Crippen LogP contribution in [0.15, 0.2) is 15.8 Å². The number of nitrogens with one attached hydrogen (secondary N) is 1. The quantitative estimate of drug-likeness (QED) is 0.135. The van der Waals surface area contributed by atoms with Crippen LogP contribution in [-0.2, 0) is 32.2 Å². The SMILES string of the molecule is Cc1cn([C@H]2C[C@H](OP(=O)(O)O)[C@@H](COP(=O)(O)O[C@H]3O[C@H](CO)[C@@H](O)[C@H](O)[C@H]3O)O2)c(=O)[nH]c1=O. The Morgan fingerprint density at radius 3 is 2.33 bits per heavy atom. The Bertz CT molecular complexity index is 1130. The Labute approximate surface area is 201 Å². The van der Waals surface area contributed by atoms with Crippen LogP contribution in [-0.4, -0.2) is 101 Å². The van der Waals surface area contributed by atoms with Crippen LogP contribution in [0.2, 0.25) is 0 Å². The molecule has 1 aromatic rings. The first-order valence-electron chi connectivity index (χ1n) is 10.3. The summed E-state index contributed by atoms with van der Waals surface area (Å²) in [6, 6.07) is 0. The predicted octanol–water partition coefficient (Wildman–Crippen LogP) is -3.46.